The Bertz CT molecular complexity index is 622. The van der Waals surface area contributed by atoms with Gasteiger partial charge in [-0.25, -0.2) is 13.1 Å². The van der Waals surface area contributed by atoms with Gasteiger partial charge in [0.05, 0.1) is 5.69 Å². The Morgan fingerprint density at radius 2 is 1.94 bits per heavy atom. The first-order valence-corrected chi connectivity index (χ1v) is 7.31. The molecule has 90 valence electrons. The molecule has 2 aromatic rings. The molecule has 0 spiro atoms. The van der Waals surface area contributed by atoms with Crippen LogP contribution in [0.3, 0.4) is 0 Å². The summed E-state index contributed by atoms with van der Waals surface area (Å²) >= 11 is 0. The van der Waals surface area contributed by atoms with E-state index < -0.39 is 9.05 Å². The number of nitrogens with zero attached hydrogens (tertiary/aromatic N) is 3. The van der Waals surface area contributed by atoms with Gasteiger partial charge >= 0.3 is 0 Å². The van der Waals surface area contributed by atoms with E-state index in [1.807, 2.05) is 30.3 Å². The van der Waals surface area contributed by atoms with Crippen LogP contribution in [0.1, 0.15) is 5.69 Å². The molecule has 0 aliphatic heterocycles. The number of aromatic nitrogens is 3. The van der Waals surface area contributed by atoms with Crippen LogP contribution in [-0.2, 0) is 21.9 Å². The number of hydrogen-bond acceptors (Lipinski definition) is 4. The van der Waals surface area contributed by atoms with Gasteiger partial charge in [0.2, 0.25) is 9.05 Å². The molecule has 0 amide bonds. The summed E-state index contributed by atoms with van der Waals surface area (Å²) < 4.78 is 23.7. The minimum atomic E-state index is -3.64. The van der Waals surface area contributed by atoms with E-state index in [1.165, 1.54) is 4.68 Å². The number of hydrogen-bond donors (Lipinski definition) is 0. The van der Waals surface area contributed by atoms with Gasteiger partial charge in [-0.15, -0.1) is 5.10 Å². The molecule has 7 heteroatoms. The van der Waals surface area contributed by atoms with Gasteiger partial charge in [-0.3, -0.25) is 0 Å². The summed E-state index contributed by atoms with van der Waals surface area (Å²) in [4.78, 5) is 0. The monoisotopic (exact) mass is 271 g/mol. The van der Waals surface area contributed by atoms with Gasteiger partial charge in [-0.05, 0) is 0 Å². The average molecular weight is 272 g/mol. The van der Waals surface area contributed by atoms with Gasteiger partial charge in [-0.1, -0.05) is 35.5 Å². The molecular formula is C10H10ClN3O2S. The zero-order chi connectivity index (χ0) is 12.5. The highest BCUT2D eigenvalue weighted by Crippen LogP contribution is 2.23. The second-order valence-corrected chi connectivity index (χ2v) is 6.33. The molecule has 0 bridgehead atoms. The minimum absolute atomic E-state index is 0.327. The standard InChI is InChI=1S/C10H10ClN3O2S/c1-14-10(8-5-3-2-4-6-8)9(12-13-14)7-17(11,15)16/h2-6H,7H2,1H3. The molecule has 2 rings (SSSR count). The van der Waals surface area contributed by atoms with Gasteiger partial charge in [0, 0.05) is 23.3 Å². The summed E-state index contributed by atoms with van der Waals surface area (Å²) in [6.07, 6.45) is 0. The van der Waals surface area contributed by atoms with Crippen molar-refractivity contribution in [3.05, 3.63) is 36.0 Å². The highest BCUT2D eigenvalue weighted by Gasteiger charge is 2.18. The summed E-state index contributed by atoms with van der Waals surface area (Å²) in [5, 5.41) is 7.65. The van der Waals surface area contributed by atoms with Gasteiger partial charge in [0.25, 0.3) is 0 Å². The first-order chi connectivity index (χ1) is 7.97. The van der Waals surface area contributed by atoms with E-state index in [9.17, 15) is 8.42 Å². The maximum atomic E-state index is 11.1. The zero-order valence-electron chi connectivity index (χ0n) is 9.04. The molecular weight excluding hydrogens is 262 g/mol. The molecule has 1 heterocycles. The Hall–Kier alpha value is -1.40. The second kappa shape index (κ2) is 4.46. The highest BCUT2D eigenvalue weighted by atomic mass is 35.7. The molecule has 17 heavy (non-hydrogen) atoms. The van der Waals surface area contributed by atoms with Crippen LogP contribution in [-0.4, -0.2) is 23.4 Å². The van der Waals surface area contributed by atoms with Gasteiger partial charge in [0.1, 0.15) is 11.4 Å². The smallest absolute Gasteiger partial charge is 0.238 e. The van der Waals surface area contributed by atoms with Crippen molar-refractivity contribution >= 4 is 19.7 Å². The Labute approximate surface area is 103 Å². The Morgan fingerprint density at radius 1 is 1.29 bits per heavy atom. The minimum Gasteiger partial charge on any atom is -0.247 e. The first-order valence-electron chi connectivity index (χ1n) is 4.83. The normalized spacial score (nSPS) is 11.6. The lowest BCUT2D eigenvalue weighted by atomic mass is 10.1. The third-order valence-electron chi connectivity index (χ3n) is 2.25. The van der Waals surface area contributed by atoms with Crippen molar-refractivity contribution in [3.8, 4) is 11.3 Å². The molecule has 0 fully saturated rings. The van der Waals surface area contributed by atoms with Gasteiger partial charge < -0.3 is 0 Å². The van der Waals surface area contributed by atoms with Crippen molar-refractivity contribution in [2.24, 2.45) is 7.05 Å². The summed E-state index contributed by atoms with van der Waals surface area (Å²) in [6.45, 7) is 0. The highest BCUT2D eigenvalue weighted by molar-refractivity contribution is 8.13. The lowest BCUT2D eigenvalue weighted by Gasteiger charge is -2.03. The SMILES string of the molecule is Cn1nnc(CS(=O)(=O)Cl)c1-c1ccccc1. The largest absolute Gasteiger partial charge is 0.247 e. The van der Waals surface area contributed by atoms with Crippen LogP contribution in [0.5, 0.6) is 0 Å². The molecule has 0 saturated heterocycles. The van der Waals surface area contributed by atoms with E-state index in [0.29, 0.717) is 11.4 Å². The van der Waals surface area contributed by atoms with Crippen molar-refractivity contribution < 1.29 is 8.42 Å². The fourth-order valence-electron chi connectivity index (χ4n) is 1.61. The number of aryl methyl sites for hydroxylation is 1. The Morgan fingerprint density at radius 3 is 2.53 bits per heavy atom. The van der Waals surface area contributed by atoms with Gasteiger partial charge in [0.15, 0.2) is 0 Å². The third-order valence-corrected chi connectivity index (χ3v) is 3.20. The van der Waals surface area contributed by atoms with E-state index >= 15 is 0 Å². The molecule has 0 atom stereocenters. The van der Waals surface area contributed by atoms with E-state index in [2.05, 4.69) is 10.3 Å². The molecule has 0 aliphatic rings. The molecule has 0 N–H and O–H groups in total. The second-order valence-electron chi connectivity index (χ2n) is 3.56. The van der Waals surface area contributed by atoms with Gasteiger partial charge in [-0.2, -0.15) is 0 Å². The molecule has 1 aromatic carbocycles. The molecule has 5 nitrogen and oxygen atoms in total. The summed E-state index contributed by atoms with van der Waals surface area (Å²) in [6, 6.07) is 9.33. The molecule has 0 radical (unpaired) electrons. The quantitative estimate of drug-likeness (QED) is 0.795. The van der Waals surface area contributed by atoms with Crippen LogP contribution >= 0.6 is 10.7 Å². The van der Waals surface area contributed by atoms with Crippen molar-refractivity contribution in [3.63, 3.8) is 0 Å². The maximum absolute atomic E-state index is 11.1. The molecule has 1 aromatic heterocycles. The van der Waals surface area contributed by atoms with E-state index in [-0.39, 0.29) is 5.75 Å². The van der Waals surface area contributed by atoms with E-state index in [0.717, 1.165) is 5.56 Å². The maximum Gasteiger partial charge on any atom is 0.238 e. The number of benzene rings is 1. The zero-order valence-corrected chi connectivity index (χ0v) is 10.6. The lowest BCUT2D eigenvalue weighted by Crippen LogP contribution is -1.99. The average Bonchev–Trinajstić information content (AvgIpc) is 2.58. The van der Waals surface area contributed by atoms with Crippen LogP contribution in [0.25, 0.3) is 11.3 Å². The number of halogens is 1. The lowest BCUT2D eigenvalue weighted by molar-refractivity contribution is 0.608. The van der Waals surface area contributed by atoms with Crippen molar-refractivity contribution in [1.29, 1.82) is 0 Å². The van der Waals surface area contributed by atoms with Crippen LogP contribution in [0.15, 0.2) is 30.3 Å². The van der Waals surface area contributed by atoms with Crippen molar-refractivity contribution in [2.75, 3.05) is 0 Å². The van der Waals surface area contributed by atoms with E-state index in [4.69, 9.17) is 10.7 Å². The summed E-state index contributed by atoms with van der Waals surface area (Å²) in [5.41, 5.74) is 1.87. The predicted octanol–water partition coefficient (Wildman–Crippen LogP) is 1.55. The van der Waals surface area contributed by atoms with Crippen LogP contribution in [0.2, 0.25) is 0 Å². The van der Waals surface area contributed by atoms with Crippen molar-refractivity contribution in [2.45, 2.75) is 5.75 Å². The topological polar surface area (TPSA) is 64.8 Å². The molecule has 0 unspecified atom stereocenters. The Balaban J connectivity index is 2.51. The number of rotatable bonds is 3. The summed E-state index contributed by atoms with van der Waals surface area (Å²) in [7, 11) is 3.30. The predicted molar refractivity (Wildman–Crippen MR) is 64.9 cm³/mol. The molecule has 0 aliphatic carbocycles. The van der Waals surface area contributed by atoms with Crippen molar-refractivity contribution in [1.82, 2.24) is 15.0 Å². The fraction of sp³-hybridized carbons (Fsp3) is 0.200. The Kier molecular flexibility index (Phi) is 3.17. The van der Waals surface area contributed by atoms with E-state index in [1.54, 1.807) is 7.05 Å². The third kappa shape index (κ3) is 2.83. The van der Waals surface area contributed by atoms with Crippen LogP contribution in [0.4, 0.5) is 0 Å². The van der Waals surface area contributed by atoms with Crippen LogP contribution in [0, 0.1) is 0 Å². The fourth-order valence-corrected chi connectivity index (χ4v) is 2.44. The first kappa shape index (κ1) is 12.1. The molecule has 0 saturated carbocycles. The van der Waals surface area contributed by atoms with Crippen LogP contribution < -0.4 is 0 Å². The summed E-state index contributed by atoms with van der Waals surface area (Å²) in [5.74, 6) is -0.327.